The van der Waals surface area contributed by atoms with E-state index in [1.165, 1.54) is 18.2 Å². The van der Waals surface area contributed by atoms with Crippen molar-refractivity contribution < 1.29 is 14.0 Å². The molecule has 1 heterocycles. The summed E-state index contributed by atoms with van der Waals surface area (Å²) in [7, 11) is 0. The highest BCUT2D eigenvalue weighted by Crippen LogP contribution is 2.39. The third kappa shape index (κ3) is 6.30. The second kappa shape index (κ2) is 8.78. The van der Waals surface area contributed by atoms with Crippen LogP contribution in [0.2, 0.25) is 10.0 Å². The van der Waals surface area contributed by atoms with E-state index >= 15 is 4.39 Å². The fourth-order valence-electron chi connectivity index (χ4n) is 3.82. The van der Waals surface area contributed by atoms with Crippen LogP contribution in [0, 0.1) is 5.92 Å². The first-order valence-corrected chi connectivity index (χ1v) is 10.8. The number of hydrogen-bond acceptors (Lipinski definition) is 3. The number of nitrogens with one attached hydrogen (secondary N) is 2. The molecule has 2 N–H and O–H groups in total. The van der Waals surface area contributed by atoms with E-state index in [-0.39, 0.29) is 37.4 Å². The van der Waals surface area contributed by atoms with E-state index in [0.29, 0.717) is 34.6 Å². The van der Waals surface area contributed by atoms with Crippen LogP contribution in [0.5, 0.6) is 0 Å². The molecule has 0 aromatic heterocycles. The molecule has 1 saturated carbocycles. The Bertz CT molecular complexity index is 755. The number of piperidine rings is 1. The molecule has 160 valence electrons. The fourth-order valence-corrected chi connectivity index (χ4v) is 4.35. The number of carbonyl (C=O) groups excluding carboxylic acids is 2. The fraction of sp³-hybridized carbons (Fsp3) is 0.619. The van der Waals surface area contributed by atoms with Gasteiger partial charge in [-0.1, -0.05) is 23.2 Å². The third-order valence-electron chi connectivity index (χ3n) is 5.87. The van der Waals surface area contributed by atoms with Crippen LogP contribution in [0.3, 0.4) is 0 Å². The minimum absolute atomic E-state index is 0.0144. The lowest BCUT2D eigenvalue weighted by Crippen LogP contribution is -2.53. The number of hydrogen-bond donors (Lipinski definition) is 2. The van der Waals surface area contributed by atoms with Gasteiger partial charge in [-0.15, -0.1) is 0 Å². The molecule has 2 fully saturated rings. The smallest absolute Gasteiger partial charge is 0.251 e. The van der Waals surface area contributed by atoms with E-state index in [4.69, 9.17) is 23.2 Å². The van der Waals surface area contributed by atoms with Gasteiger partial charge in [0.25, 0.3) is 5.91 Å². The van der Waals surface area contributed by atoms with Gasteiger partial charge in [0.2, 0.25) is 5.91 Å². The van der Waals surface area contributed by atoms with Crippen LogP contribution in [0.1, 0.15) is 49.9 Å². The second-order valence-electron chi connectivity index (χ2n) is 8.81. The topological polar surface area (TPSA) is 61.4 Å². The van der Waals surface area contributed by atoms with Crippen molar-refractivity contribution >= 4 is 35.0 Å². The highest BCUT2D eigenvalue weighted by Gasteiger charge is 2.39. The first-order valence-electron chi connectivity index (χ1n) is 10.0. The Morgan fingerprint density at radius 3 is 2.31 bits per heavy atom. The summed E-state index contributed by atoms with van der Waals surface area (Å²) < 4.78 is 15.1. The predicted octanol–water partition coefficient (Wildman–Crippen LogP) is 3.83. The molecule has 1 aliphatic carbocycles. The van der Waals surface area contributed by atoms with Gasteiger partial charge in [-0.25, -0.2) is 4.39 Å². The minimum Gasteiger partial charge on any atom is -0.350 e. The van der Waals surface area contributed by atoms with Crippen molar-refractivity contribution in [1.29, 1.82) is 0 Å². The van der Waals surface area contributed by atoms with Crippen molar-refractivity contribution in [2.45, 2.75) is 50.7 Å². The summed E-state index contributed by atoms with van der Waals surface area (Å²) >= 11 is 11.8. The molecule has 1 aliphatic heterocycles. The molecule has 5 nitrogen and oxygen atoms in total. The molecule has 0 unspecified atom stereocenters. The van der Waals surface area contributed by atoms with Gasteiger partial charge >= 0.3 is 0 Å². The van der Waals surface area contributed by atoms with Gasteiger partial charge in [-0.2, -0.15) is 0 Å². The number of amides is 2. The van der Waals surface area contributed by atoms with Crippen LogP contribution >= 0.6 is 23.2 Å². The van der Waals surface area contributed by atoms with E-state index < -0.39 is 11.6 Å². The number of nitrogens with zero attached hydrogens (tertiary/aromatic N) is 1. The monoisotopic (exact) mass is 443 g/mol. The number of halogens is 3. The molecule has 0 spiro atoms. The SMILES string of the molecule is CC(C)(NC(=O)CN1CCC(F)(CNC(=O)c2cc(Cl)cc(Cl)c2)CC1)C1CC1. The molecule has 0 radical (unpaired) electrons. The maximum Gasteiger partial charge on any atom is 0.251 e. The van der Waals surface area contributed by atoms with Gasteiger partial charge in [0, 0.05) is 34.2 Å². The Labute approximate surface area is 181 Å². The lowest BCUT2D eigenvalue weighted by atomic mass is 9.93. The molecular weight excluding hydrogens is 416 g/mol. The first kappa shape index (κ1) is 22.3. The Morgan fingerprint density at radius 1 is 1.17 bits per heavy atom. The maximum atomic E-state index is 15.1. The Morgan fingerprint density at radius 2 is 1.76 bits per heavy atom. The van der Waals surface area contributed by atoms with E-state index in [2.05, 4.69) is 24.5 Å². The lowest BCUT2D eigenvalue weighted by Gasteiger charge is -2.36. The first-order chi connectivity index (χ1) is 13.6. The highest BCUT2D eigenvalue weighted by atomic mass is 35.5. The zero-order valence-corrected chi connectivity index (χ0v) is 18.4. The maximum absolute atomic E-state index is 15.1. The summed E-state index contributed by atoms with van der Waals surface area (Å²) in [6.07, 6.45) is 2.86. The summed E-state index contributed by atoms with van der Waals surface area (Å²) in [5.41, 5.74) is -1.36. The number of likely N-dealkylation sites (tertiary alicyclic amines) is 1. The molecule has 3 rings (SSSR count). The average molecular weight is 444 g/mol. The van der Waals surface area contributed by atoms with Gasteiger partial charge < -0.3 is 10.6 Å². The highest BCUT2D eigenvalue weighted by molar-refractivity contribution is 6.35. The zero-order chi connectivity index (χ0) is 21.2. The summed E-state index contributed by atoms with van der Waals surface area (Å²) in [6, 6.07) is 4.53. The van der Waals surface area contributed by atoms with Crippen molar-refractivity contribution in [3.63, 3.8) is 0 Å². The van der Waals surface area contributed by atoms with Crippen molar-refractivity contribution in [2.24, 2.45) is 5.92 Å². The molecule has 29 heavy (non-hydrogen) atoms. The van der Waals surface area contributed by atoms with Gasteiger partial charge in [0.1, 0.15) is 5.67 Å². The molecule has 0 atom stereocenters. The summed E-state index contributed by atoms with van der Waals surface area (Å²) in [5.74, 6) is 0.138. The molecule has 2 amide bonds. The van der Waals surface area contributed by atoms with Gasteiger partial charge in [-0.05, 0) is 63.6 Å². The Balaban J connectivity index is 1.44. The van der Waals surface area contributed by atoms with Crippen LogP contribution < -0.4 is 10.6 Å². The molecule has 2 aliphatic rings. The largest absolute Gasteiger partial charge is 0.350 e. The van der Waals surface area contributed by atoms with Crippen molar-refractivity contribution in [3.05, 3.63) is 33.8 Å². The van der Waals surface area contributed by atoms with E-state index in [0.717, 1.165) is 12.8 Å². The van der Waals surface area contributed by atoms with E-state index in [9.17, 15) is 9.59 Å². The molecular formula is C21H28Cl2FN3O2. The summed E-state index contributed by atoms with van der Waals surface area (Å²) in [4.78, 5) is 26.6. The van der Waals surface area contributed by atoms with Gasteiger partial charge in [-0.3, -0.25) is 14.5 Å². The van der Waals surface area contributed by atoms with Crippen LogP contribution in [0.15, 0.2) is 18.2 Å². The standard InChI is InChI=1S/C21H28Cl2FN3O2/c1-20(2,15-3-4-15)26-18(28)12-27-7-5-21(24,6-8-27)13-25-19(29)14-9-16(22)11-17(23)10-14/h9-11,15H,3-8,12-13H2,1-2H3,(H,25,29)(H,26,28). The van der Waals surface area contributed by atoms with Crippen molar-refractivity contribution in [1.82, 2.24) is 15.5 Å². The third-order valence-corrected chi connectivity index (χ3v) is 6.31. The van der Waals surface area contributed by atoms with Crippen molar-refractivity contribution in [3.8, 4) is 0 Å². The van der Waals surface area contributed by atoms with E-state index in [1.54, 1.807) is 0 Å². The number of rotatable bonds is 7. The molecule has 1 aromatic rings. The zero-order valence-electron chi connectivity index (χ0n) is 16.9. The second-order valence-corrected chi connectivity index (χ2v) is 9.68. The molecule has 1 saturated heterocycles. The van der Waals surface area contributed by atoms with Crippen LogP contribution in [-0.2, 0) is 4.79 Å². The summed E-state index contributed by atoms with van der Waals surface area (Å²) in [5, 5.41) is 6.45. The quantitative estimate of drug-likeness (QED) is 0.672. The Hall–Kier alpha value is -1.37. The Kier molecular flexibility index (Phi) is 6.76. The lowest BCUT2D eigenvalue weighted by molar-refractivity contribution is -0.124. The minimum atomic E-state index is -1.49. The number of alkyl halides is 1. The van der Waals surface area contributed by atoms with E-state index in [1.807, 2.05) is 4.90 Å². The van der Waals surface area contributed by atoms with Gasteiger partial charge in [0.15, 0.2) is 0 Å². The van der Waals surface area contributed by atoms with Crippen LogP contribution in [-0.4, -0.2) is 54.1 Å². The molecule has 0 bridgehead atoms. The predicted molar refractivity (Wildman–Crippen MR) is 113 cm³/mol. The number of benzene rings is 1. The molecule has 1 aromatic carbocycles. The van der Waals surface area contributed by atoms with Gasteiger partial charge in [0.05, 0.1) is 13.1 Å². The summed E-state index contributed by atoms with van der Waals surface area (Å²) in [6.45, 7) is 5.27. The molecule has 8 heteroatoms. The van der Waals surface area contributed by atoms with Crippen LogP contribution in [0.4, 0.5) is 4.39 Å². The van der Waals surface area contributed by atoms with Crippen molar-refractivity contribution in [2.75, 3.05) is 26.2 Å². The number of carbonyl (C=O) groups is 2. The normalized spacial score (nSPS) is 19.6. The van der Waals surface area contributed by atoms with Crippen LogP contribution in [0.25, 0.3) is 0 Å². The average Bonchev–Trinajstić information content (AvgIpc) is 3.46.